The number of hydrogen-bond acceptors (Lipinski definition) is 2. The van der Waals surface area contributed by atoms with E-state index in [2.05, 4.69) is 47.9 Å². The molecule has 2 heterocycles. The maximum absolute atomic E-state index is 12.8. The van der Waals surface area contributed by atoms with Crippen molar-refractivity contribution in [2.45, 2.75) is 13.5 Å². The van der Waals surface area contributed by atoms with Gasteiger partial charge < -0.3 is 14.2 Å². The minimum absolute atomic E-state index is 0.152. The van der Waals surface area contributed by atoms with E-state index in [0.29, 0.717) is 32.8 Å². The molecule has 3 aromatic rings. The maximum atomic E-state index is 12.8. The van der Waals surface area contributed by atoms with Crippen molar-refractivity contribution in [2.75, 3.05) is 26.3 Å². The van der Waals surface area contributed by atoms with Crippen molar-refractivity contribution in [3.63, 3.8) is 0 Å². The van der Waals surface area contributed by atoms with Crippen LogP contribution in [0, 0.1) is 6.92 Å². The number of hydrogen-bond donors (Lipinski definition) is 0. The first-order valence-electron chi connectivity index (χ1n) is 8.73. The third-order valence-electron chi connectivity index (χ3n) is 4.79. The second kappa shape index (κ2) is 6.73. The molecule has 0 saturated carbocycles. The first-order valence-corrected chi connectivity index (χ1v) is 8.73. The van der Waals surface area contributed by atoms with Gasteiger partial charge in [-0.2, -0.15) is 0 Å². The summed E-state index contributed by atoms with van der Waals surface area (Å²) in [5.74, 6) is 0.152. The van der Waals surface area contributed by atoms with Gasteiger partial charge in [0.25, 0.3) is 0 Å². The second-order valence-electron chi connectivity index (χ2n) is 6.54. The maximum Gasteiger partial charge on any atom is 0.242 e. The number of amides is 1. The van der Waals surface area contributed by atoms with E-state index in [4.69, 9.17) is 4.74 Å². The Morgan fingerprint density at radius 2 is 1.80 bits per heavy atom. The first kappa shape index (κ1) is 15.9. The van der Waals surface area contributed by atoms with Crippen molar-refractivity contribution >= 4 is 16.8 Å². The fourth-order valence-corrected chi connectivity index (χ4v) is 3.43. The molecule has 4 rings (SSSR count). The molecule has 0 unspecified atom stereocenters. The zero-order valence-corrected chi connectivity index (χ0v) is 14.4. The Morgan fingerprint density at radius 1 is 1.04 bits per heavy atom. The summed E-state index contributed by atoms with van der Waals surface area (Å²) in [6, 6.07) is 18.9. The number of rotatable bonds is 3. The minimum atomic E-state index is 0.152. The molecule has 2 aromatic carbocycles. The SMILES string of the molecule is Cc1ccc2cc(-c3ccccc3)n(CC(=O)N3CCOCC3)c2c1. The quantitative estimate of drug-likeness (QED) is 0.735. The van der Waals surface area contributed by atoms with Crippen LogP contribution in [0.5, 0.6) is 0 Å². The molecule has 0 bridgehead atoms. The highest BCUT2D eigenvalue weighted by atomic mass is 16.5. The number of fused-ring (bicyclic) bond motifs is 1. The van der Waals surface area contributed by atoms with E-state index < -0.39 is 0 Å². The van der Waals surface area contributed by atoms with E-state index in [1.54, 1.807) is 0 Å². The van der Waals surface area contributed by atoms with Gasteiger partial charge in [-0.15, -0.1) is 0 Å². The zero-order valence-electron chi connectivity index (χ0n) is 14.4. The monoisotopic (exact) mass is 334 g/mol. The average molecular weight is 334 g/mol. The van der Waals surface area contributed by atoms with Gasteiger partial charge in [-0.05, 0) is 30.2 Å². The fraction of sp³-hybridized carbons (Fsp3) is 0.286. The number of carbonyl (C=O) groups is 1. The van der Waals surface area contributed by atoms with E-state index in [9.17, 15) is 4.79 Å². The van der Waals surface area contributed by atoms with Gasteiger partial charge in [0.2, 0.25) is 5.91 Å². The predicted octanol–water partition coefficient (Wildman–Crippen LogP) is 3.48. The molecule has 1 aliphatic heterocycles. The highest BCUT2D eigenvalue weighted by Gasteiger charge is 2.20. The van der Waals surface area contributed by atoms with Gasteiger partial charge in [-0.25, -0.2) is 0 Å². The van der Waals surface area contributed by atoms with Crippen molar-refractivity contribution in [1.29, 1.82) is 0 Å². The van der Waals surface area contributed by atoms with Crippen LogP contribution in [-0.2, 0) is 16.1 Å². The number of aromatic nitrogens is 1. The lowest BCUT2D eigenvalue weighted by Crippen LogP contribution is -2.42. The number of morpholine rings is 1. The van der Waals surface area contributed by atoms with Gasteiger partial charge in [0.1, 0.15) is 6.54 Å². The molecular weight excluding hydrogens is 312 g/mol. The Labute approximate surface area is 147 Å². The molecule has 1 saturated heterocycles. The van der Waals surface area contributed by atoms with Crippen LogP contribution in [0.3, 0.4) is 0 Å². The van der Waals surface area contributed by atoms with Gasteiger partial charge in [0.15, 0.2) is 0 Å². The lowest BCUT2D eigenvalue weighted by molar-refractivity contribution is -0.135. The van der Waals surface area contributed by atoms with Gasteiger partial charge in [0, 0.05) is 29.7 Å². The number of nitrogens with zero attached hydrogens (tertiary/aromatic N) is 2. The third kappa shape index (κ3) is 3.17. The average Bonchev–Trinajstić information content (AvgIpc) is 3.01. The van der Waals surface area contributed by atoms with Crippen LogP contribution >= 0.6 is 0 Å². The Morgan fingerprint density at radius 3 is 2.56 bits per heavy atom. The largest absolute Gasteiger partial charge is 0.378 e. The molecule has 4 heteroatoms. The van der Waals surface area contributed by atoms with Crippen molar-refractivity contribution < 1.29 is 9.53 Å². The molecule has 1 fully saturated rings. The number of ether oxygens (including phenoxy) is 1. The summed E-state index contributed by atoms with van der Waals surface area (Å²) in [4.78, 5) is 14.7. The second-order valence-corrected chi connectivity index (χ2v) is 6.54. The molecule has 1 aliphatic rings. The van der Waals surface area contributed by atoms with Crippen molar-refractivity contribution in [1.82, 2.24) is 9.47 Å². The summed E-state index contributed by atoms with van der Waals surface area (Å²) in [7, 11) is 0. The van der Waals surface area contributed by atoms with Crippen molar-refractivity contribution in [2.24, 2.45) is 0 Å². The highest BCUT2D eigenvalue weighted by Crippen LogP contribution is 2.29. The molecule has 128 valence electrons. The number of aryl methyl sites for hydroxylation is 1. The minimum Gasteiger partial charge on any atom is -0.378 e. The summed E-state index contributed by atoms with van der Waals surface area (Å²) in [5.41, 5.74) is 4.53. The first-order chi connectivity index (χ1) is 12.2. The van der Waals surface area contributed by atoms with E-state index in [1.807, 2.05) is 23.1 Å². The lowest BCUT2D eigenvalue weighted by Gasteiger charge is -2.27. The number of benzene rings is 2. The zero-order chi connectivity index (χ0) is 17.2. The molecule has 1 aromatic heterocycles. The van der Waals surface area contributed by atoms with Crippen LogP contribution in [-0.4, -0.2) is 41.7 Å². The summed E-state index contributed by atoms with van der Waals surface area (Å²) in [6.07, 6.45) is 0. The van der Waals surface area contributed by atoms with E-state index in [-0.39, 0.29) is 5.91 Å². The molecule has 1 amide bonds. The number of carbonyl (C=O) groups excluding carboxylic acids is 1. The summed E-state index contributed by atoms with van der Waals surface area (Å²) in [6.45, 7) is 5.06. The molecule has 0 aliphatic carbocycles. The van der Waals surface area contributed by atoms with Gasteiger partial charge in [-0.1, -0.05) is 42.5 Å². The van der Waals surface area contributed by atoms with Crippen LogP contribution in [0.15, 0.2) is 54.6 Å². The molecule has 0 N–H and O–H groups in total. The highest BCUT2D eigenvalue weighted by molar-refractivity contribution is 5.89. The Balaban J connectivity index is 1.77. The lowest BCUT2D eigenvalue weighted by atomic mass is 10.1. The molecule has 0 atom stereocenters. The molecule has 25 heavy (non-hydrogen) atoms. The van der Waals surface area contributed by atoms with Gasteiger partial charge in [-0.3, -0.25) is 4.79 Å². The standard InChI is InChI=1S/C21H22N2O2/c1-16-7-8-18-14-20(17-5-3-2-4-6-17)23(19(18)13-16)15-21(24)22-9-11-25-12-10-22/h2-8,13-14H,9-12,15H2,1H3. The molecule has 4 nitrogen and oxygen atoms in total. The Bertz CT molecular complexity index is 893. The van der Waals surface area contributed by atoms with Crippen LogP contribution in [0.25, 0.3) is 22.2 Å². The fourth-order valence-electron chi connectivity index (χ4n) is 3.43. The third-order valence-corrected chi connectivity index (χ3v) is 4.79. The van der Waals surface area contributed by atoms with Crippen molar-refractivity contribution in [3.05, 3.63) is 60.2 Å². The van der Waals surface area contributed by atoms with Crippen LogP contribution < -0.4 is 0 Å². The van der Waals surface area contributed by atoms with Crippen LogP contribution in [0.4, 0.5) is 0 Å². The summed E-state index contributed by atoms with van der Waals surface area (Å²) < 4.78 is 7.51. The Kier molecular flexibility index (Phi) is 4.28. The van der Waals surface area contributed by atoms with Crippen LogP contribution in [0.2, 0.25) is 0 Å². The predicted molar refractivity (Wildman–Crippen MR) is 99.5 cm³/mol. The topological polar surface area (TPSA) is 34.5 Å². The molecule has 0 radical (unpaired) electrons. The molecular formula is C21H22N2O2. The van der Waals surface area contributed by atoms with E-state index in [1.165, 1.54) is 10.9 Å². The van der Waals surface area contributed by atoms with Gasteiger partial charge >= 0.3 is 0 Å². The normalized spacial score (nSPS) is 14.8. The smallest absolute Gasteiger partial charge is 0.242 e. The molecule has 0 spiro atoms. The van der Waals surface area contributed by atoms with E-state index >= 15 is 0 Å². The van der Waals surface area contributed by atoms with Crippen LogP contribution in [0.1, 0.15) is 5.56 Å². The summed E-state index contributed by atoms with van der Waals surface area (Å²) >= 11 is 0. The van der Waals surface area contributed by atoms with Gasteiger partial charge in [0.05, 0.1) is 13.2 Å². The Hall–Kier alpha value is -2.59. The van der Waals surface area contributed by atoms with E-state index in [0.717, 1.165) is 16.8 Å². The summed E-state index contributed by atoms with van der Waals surface area (Å²) in [5, 5.41) is 1.17. The van der Waals surface area contributed by atoms with Crippen molar-refractivity contribution in [3.8, 4) is 11.3 Å².